The van der Waals surface area contributed by atoms with Crippen molar-refractivity contribution in [2.45, 2.75) is 45.0 Å². The van der Waals surface area contributed by atoms with Crippen LogP contribution >= 0.6 is 0 Å². The molecule has 8 nitrogen and oxygen atoms in total. The fourth-order valence-corrected chi connectivity index (χ4v) is 4.02. The van der Waals surface area contributed by atoms with Gasteiger partial charge < -0.3 is 14.9 Å². The molecule has 0 saturated heterocycles. The number of nitrogens with one attached hydrogen (secondary N) is 1. The molecule has 1 aliphatic carbocycles. The molecule has 26 heavy (non-hydrogen) atoms. The Morgan fingerprint density at radius 1 is 1.31 bits per heavy atom. The Balaban J connectivity index is 1.36. The zero-order valence-corrected chi connectivity index (χ0v) is 15.0. The van der Waals surface area contributed by atoms with Gasteiger partial charge in [-0.25, -0.2) is 0 Å². The first-order chi connectivity index (χ1) is 12.6. The molecule has 0 aromatic carbocycles. The molecule has 1 atom stereocenters. The van der Waals surface area contributed by atoms with E-state index in [-0.39, 0.29) is 5.91 Å². The third kappa shape index (κ3) is 2.64. The maximum Gasteiger partial charge on any atom is 0.275 e. The monoisotopic (exact) mass is 356 g/mol. The van der Waals surface area contributed by atoms with Crippen molar-refractivity contribution >= 4 is 5.91 Å². The molecule has 0 radical (unpaired) electrons. The number of likely N-dealkylation sites (N-methyl/N-ethyl adjacent to an activating group) is 1. The van der Waals surface area contributed by atoms with Crippen molar-refractivity contribution in [2.75, 3.05) is 20.1 Å². The van der Waals surface area contributed by atoms with Crippen LogP contribution < -0.4 is 0 Å². The molecule has 4 heterocycles. The first-order valence-corrected chi connectivity index (χ1v) is 9.39. The fourth-order valence-electron chi connectivity index (χ4n) is 4.02. The molecule has 0 spiro atoms. The molecule has 8 heteroatoms. The first-order valence-electron chi connectivity index (χ1n) is 9.39. The lowest BCUT2D eigenvalue weighted by molar-refractivity contribution is 0.0697. The molecule has 138 valence electrons. The quantitative estimate of drug-likeness (QED) is 0.845. The number of aromatic nitrogens is 4. The maximum absolute atomic E-state index is 13.1. The summed E-state index contributed by atoms with van der Waals surface area (Å²) in [6.07, 6.45) is 2.59. The van der Waals surface area contributed by atoms with E-state index in [9.17, 15) is 9.90 Å². The minimum atomic E-state index is -0.467. The van der Waals surface area contributed by atoms with E-state index >= 15 is 0 Å². The third-order valence-electron chi connectivity index (χ3n) is 5.80. The number of rotatable bonds is 3. The second kappa shape index (κ2) is 5.92. The van der Waals surface area contributed by atoms with Gasteiger partial charge >= 0.3 is 0 Å². The largest absolute Gasteiger partial charge is 0.386 e. The van der Waals surface area contributed by atoms with Gasteiger partial charge in [0.2, 0.25) is 0 Å². The molecule has 2 N–H and O–H groups in total. The van der Waals surface area contributed by atoms with Crippen LogP contribution in [-0.4, -0.2) is 60.9 Å². The molecule has 1 amide bonds. The summed E-state index contributed by atoms with van der Waals surface area (Å²) in [6.45, 7) is 3.53. The van der Waals surface area contributed by atoms with Gasteiger partial charge in [0.15, 0.2) is 5.69 Å². The lowest BCUT2D eigenvalue weighted by Crippen LogP contribution is -2.39. The third-order valence-corrected chi connectivity index (χ3v) is 5.80. The van der Waals surface area contributed by atoms with Crippen molar-refractivity contribution in [1.82, 2.24) is 29.8 Å². The van der Waals surface area contributed by atoms with Crippen LogP contribution in [0.5, 0.6) is 0 Å². The topological polar surface area (TPSA) is 90.3 Å². The van der Waals surface area contributed by atoms with Crippen molar-refractivity contribution < 1.29 is 9.90 Å². The SMILES string of the molecule is CN1CCc2[nH]nc(C(=O)N3CCn4nc([C@@H](O)C5CC5)cc4C3)c2C1. The molecule has 1 saturated carbocycles. The van der Waals surface area contributed by atoms with Gasteiger partial charge in [0.1, 0.15) is 6.10 Å². The predicted octanol–water partition coefficient (Wildman–Crippen LogP) is 0.693. The summed E-state index contributed by atoms with van der Waals surface area (Å²) < 4.78 is 1.93. The number of aliphatic hydroxyl groups excluding tert-OH is 1. The number of carbonyl (C=O) groups is 1. The van der Waals surface area contributed by atoms with Gasteiger partial charge in [-0.1, -0.05) is 0 Å². The van der Waals surface area contributed by atoms with Crippen LogP contribution in [0.25, 0.3) is 0 Å². The number of H-pyrrole nitrogens is 1. The molecule has 2 aromatic rings. The smallest absolute Gasteiger partial charge is 0.275 e. The summed E-state index contributed by atoms with van der Waals surface area (Å²) in [5, 5.41) is 22.2. The number of hydrogen-bond acceptors (Lipinski definition) is 5. The summed E-state index contributed by atoms with van der Waals surface area (Å²) in [5.74, 6) is 0.340. The van der Waals surface area contributed by atoms with Crippen LogP contribution in [0, 0.1) is 5.92 Å². The van der Waals surface area contributed by atoms with Crippen LogP contribution in [0.1, 0.15) is 52.1 Å². The summed E-state index contributed by atoms with van der Waals surface area (Å²) in [4.78, 5) is 17.1. The first kappa shape index (κ1) is 16.0. The van der Waals surface area contributed by atoms with Gasteiger partial charge in [0.05, 0.1) is 24.5 Å². The number of amides is 1. The van der Waals surface area contributed by atoms with E-state index in [1.807, 2.05) is 15.6 Å². The zero-order valence-electron chi connectivity index (χ0n) is 15.0. The number of hydrogen-bond donors (Lipinski definition) is 2. The molecule has 2 aromatic heterocycles. The van der Waals surface area contributed by atoms with E-state index in [1.54, 1.807) is 0 Å². The number of aromatic amines is 1. The maximum atomic E-state index is 13.1. The van der Waals surface area contributed by atoms with Crippen molar-refractivity contribution in [3.8, 4) is 0 Å². The molecule has 0 bridgehead atoms. The molecule has 1 fully saturated rings. The van der Waals surface area contributed by atoms with Crippen LogP contribution in [0.15, 0.2) is 6.07 Å². The van der Waals surface area contributed by atoms with Gasteiger partial charge in [-0.05, 0) is 31.9 Å². The lowest BCUT2D eigenvalue weighted by Gasteiger charge is -2.28. The Bertz CT molecular complexity index is 852. The summed E-state index contributed by atoms with van der Waals surface area (Å²) in [6, 6.07) is 1.95. The second-order valence-corrected chi connectivity index (χ2v) is 7.81. The summed E-state index contributed by atoms with van der Waals surface area (Å²) >= 11 is 0. The summed E-state index contributed by atoms with van der Waals surface area (Å²) in [5.41, 5.74) is 4.41. The van der Waals surface area contributed by atoms with Crippen molar-refractivity contribution in [1.29, 1.82) is 0 Å². The molecule has 2 aliphatic heterocycles. The van der Waals surface area contributed by atoms with Gasteiger partial charge in [0.25, 0.3) is 5.91 Å². The van der Waals surface area contributed by atoms with E-state index in [4.69, 9.17) is 0 Å². The number of aliphatic hydroxyl groups is 1. The van der Waals surface area contributed by atoms with Gasteiger partial charge in [-0.2, -0.15) is 10.2 Å². The second-order valence-electron chi connectivity index (χ2n) is 7.81. The Labute approximate surface area is 151 Å². The molecule has 3 aliphatic rings. The average Bonchev–Trinajstić information content (AvgIpc) is 3.27. The highest BCUT2D eigenvalue weighted by molar-refractivity contribution is 5.94. The average molecular weight is 356 g/mol. The van der Waals surface area contributed by atoms with Crippen molar-refractivity contribution in [2.24, 2.45) is 5.92 Å². The Hall–Kier alpha value is -2.19. The van der Waals surface area contributed by atoms with E-state index in [0.717, 1.165) is 55.0 Å². The number of carbonyl (C=O) groups excluding carboxylic acids is 1. The molecule has 5 rings (SSSR count). The lowest BCUT2D eigenvalue weighted by atomic mass is 10.0. The van der Waals surface area contributed by atoms with Crippen LogP contribution in [0.2, 0.25) is 0 Å². The number of fused-ring (bicyclic) bond motifs is 2. The minimum Gasteiger partial charge on any atom is -0.386 e. The van der Waals surface area contributed by atoms with E-state index in [0.29, 0.717) is 31.2 Å². The van der Waals surface area contributed by atoms with Crippen LogP contribution in [-0.2, 0) is 26.1 Å². The Morgan fingerprint density at radius 2 is 2.15 bits per heavy atom. The number of nitrogens with zero attached hydrogens (tertiary/aromatic N) is 5. The molecular formula is C18H24N6O2. The normalized spacial score (nSPS) is 21.4. The summed E-state index contributed by atoms with van der Waals surface area (Å²) in [7, 11) is 2.07. The van der Waals surface area contributed by atoms with Gasteiger partial charge in [-0.3, -0.25) is 14.6 Å². The van der Waals surface area contributed by atoms with Crippen molar-refractivity contribution in [3.05, 3.63) is 34.4 Å². The highest BCUT2D eigenvalue weighted by Gasteiger charge is 2.34. The fraction of sp³-hybridized carbons (Fsp3) is 0.611. The Morgan fingerprint density at radius 3 is 2.96 bits per heavy atom. The van der Waals surface area contributed by atoms with Crippen LogP contribution in [0.4, 0.5) is 0 Å². The molecule has 0 unspecified atom stereocenters. The van der Waals surface area contributed by atoms with Gasteiger partial charge in [0, 0.05) is 37.3 Å². The predicted molar refractivity (Wildman–Crippen MR) is 93.3 cm³/mol. The Kier molecular flexibility index (Phi) is 3.65. The minimum absolute atomic E-state index is 0.0189. The van der Waals surface area contributed by atoms with E-state index < -0.39 is 6.10 Å². The standard InChI is InChI=1S/C18H24N6O2/c1-22-5-4-14-13(10-22)16(20-19-14)18(26)23-6-7-24-12(9-23)8-15(21-24)17(25)11-2-3-11/h8,11,17,25H,2-7,9-10H2,1H3,(H,19,20)/t17-/m0/s1. The highest BCUT2D eigenvalue weighted by Crippen LogP contribution is 2.40. The van der Waals surface area contributed by atoms with E-state index in [1.165, 1.54) is 0 Å². The van der Waals surface area contributed by atoms with E-state index in [2.05, 4.69) is 27.2 Å². The van der Waals surface area contributed by atoms with Crippen molar-refractivity contribution in [3.63, 3.8) is 0 Å². The molecular weight excluding hydrogens is 332 g/mol. The van der Waals surface area contributed by atoms with Crippen LogP contribution in [0.3, 0.4) is 0 Å². The van der Waals surface area contributed by atoms with Gasteiger partial charge in [-0.15, -0.1) is 0 Å². The highest BCUT2D eigenvalue weighted by atomic mass is 16.3. The zero-order chi connectivity index (χ0) is 17.8.